The molecule has 0 saturated heterocycles. The normalized spacial score (nSPS) is 27.7. The van der Waals surface area contributed by atoms with Gasteiger partial charge in [0.05, 0.1) is 0 Å². The average Bonchev–Trinajstić information content (AvgIpc) is 3.37. The van der Waals surface area contributed by atoms with Crippen LogP contribution in [0.3, 0.4) is 0 Å². The minimum Gasteiger partial charge on any atom is -0.334 e. The number of rotatable bonds is 4. The molecule has 2 aliphatic rings. The first kappa shape index (κ1) is 24.7. The summed E-state index contributed by atoms with van der Waals surface area (Å²) in [6.07, 6.45) is 5.79. The SMILES string of the molecule is CC1(c2ccccc2)CC2(c3ccccc3)CC(c3ccccc3)CC(n3c4ccccc4c4ccccc43)(C1)C2. The van der Waals surface area contributed by atoms with Gasteiger partial charge >= 0.3 is 0 Å². The monoisotopic (exact) mass is 531 g/mol. The summed E-state index contributed by atoms with van der Waals surface area (Å²) in [4.78, 5) is 0. The van der Waals surface area contributed by atoms with Crippen LogP contribution in [0.5, 0.6) is 0 Å². The average molecular weight is 532 g/mol. The lowest BCUT2D eigenvalue weighted by Gasteiger charge is -2.61. The van der Waals surface area contributed by atoms with Gasteiger partial charge in [-0.15, -0.1) is 0 Å². The van der Waals surface area contributed by atoms with Gasteiger partial charge in [-0.1, -0.05) is 134 Å². The van der Waals surface area contributed by atoms with Crippen molar-refractivity contribution in [3.8, 4) is 0 Å². The molecular weight excluding hydrogens is 494 g/mol. The molecule has 2 saturated carbocycles. The lowest BCUT2D eigenvalue weighted by Crippen LogP contribution is -2.57. The first-order valence-electron chi connectivity index (χ1n) is 15.2. The van der Waals surface area contributed by atoms with Gasteiger partial charge in [-0.25, -0.2) is 0 Å². The highest BCUT2D eigenvalue weighted by molar-refractivity contribution is 6.08. The second kappa shape index (κ2) is 9.21. The summed E-state index contributed by atoms with van der Waals surface area (Å²) in [5.41, 5.74) is 7.29. The molecule has 4 atom stereocenters. The molecule has 0 amide bonds. The van der Waals surface area contributed by atoms with E-state index in [1.807, 2.05) is 0 Å². The highest BCUT2D eigenvalue weighted by atomic mass is 15.1. The third-order valence-electron chi connectivity index (χ3n) is 10.6. The summed E-state index contributed by atoms with van der Waals surface area (Å²) in [7, 11) is 0. The Hall–Kier alpha value is -4.10. The Kier molecular flexibility index (Phi) is 5.54. The number of hydrogen-bond acceptors (Lipinski definition) is 0. The molecule has 1 heterocycles. The molecule has 1 heteroatoms. The number of benzene rings is 5. The van der Waals surface area contributed by atoms with E-state index in [0.29, 0.717) is 5.92 Å². The van der Waals surface area contributed by atoms with Crippen molar-refractivity contribution < 1.29 is 0 Å². The summed E-state index contributed by atoms with van der Waals surface area (Å²) in [5, 5.41) is 2.74. The van der Waals surface area contributed by atoms with Crippen LogP contribution in [0.15, 0.2) is 140 Å². The van der Waals surface area contributed by atoms with Crippen molar-refractivity contribution in [2.75, 3.05) is 0 Å². The number of fused-ring (bicyclic) bond motifs is 5. The molecule has 0 N–H and O–H groups in total. The quantitative estimate of drug-likeness (QED) is 0.213. The third kappa shape index (κ3) is 3.82. The van der Waals surface area contributed by atoms with E-state index in [-0.39, 0.29) is 16.4 Å². The molecule has 8 rings (SSSR count). The van der Waals surface area contributed by atoms with Crippen LogP contribution in [0.25, 0.3) is 21.8 Å². The maximum absolute atomic E-state index is 2.81. The van der Waals surface area contributed by atoms with E-state index in [0.717, 1.165) is 19.3 Å². The second-order valence-electron chi connectivity index (χ2n) is 13.2. The molecule has 0 radical (unpaired) electrons. The van der Waals surface area contributed by atoms with Gasteiger partial charge in [-0.3, -0.25) is 0 Å². The van der Waals surface area contributed by atoms with E-state index in [9.17, 15) is 0 Å². The van der Waals surface area contributed by atoms with Crippen molar-refractivity contribution in [1.82, 2.24) is 4.57 Å². The zero-order valence-electron chi connectivity index (χ0n) is 23.8. The standard InChI is InChI=1S/C40H37N/c1-38(32-17-7-3-8-18-32)27-39(33-19-9-4-10-20-33)25-31(30-15-5-2-6-16-30)26-40(28-38,29-39)41-36-23-13-11-21-34(36)35-22-12-14-24-37(35)41/h2-24,31H,25-29H2,1H3. The maximum Gasteiger partial charge on any atom is 0.0496 e. The second-order valence-corrected chi connectivity index (χ2v) is 13.2. The molecule has 41 heavy (non-hydrogen) atoms. The molecule has 2 bridgehead atoms. The van der Waals surface area contributed by atoms with Crippen molar-refractivity contribution in [2.24, 2.45) is 0 Å². The lowest BCUT2D eigenvalue weighted by atomic mass is 9.46. The van der Waals surface area contributed by atoms with Gasteiger partial charge in [0.25, 0.3) is 0 Å². The summed E-state index contributed by atoms with van der Waals surface area (Å²) in [6.45, 7) is 2.56. The van der Waals surface area contributed by atoms with Gasteiger partial charge in [0.15, 0.2) is 0 Å². The van der Waals surface area contributed by atoms with Gasteiger partial charge in [0.2, 0.25) is 0 Å². The number of para-hydroxylation sites is 2. The van der Waals surface area contributed by atoms with Gasteiger partial charge < -0.3 is 4.57 Å². The van der Waals surface area contributed by atoms with E-state index in [1.165, 1.54) is 51.3 Å². The fourth-order valence-electron chi connectivity index (χ4n) is 9.38. The van der Waals surface area contributed by atoms with Crippen LogP contribution in [0.4, 0.5) is 0 Å². The largest absolute Gasteiger partial charge is 0.334 e. The number of hydrogen-bond donors (Lipinski definition) is 0. The van der Waals surface area contributed by atoms with E-state index in [2.05, 4.69) is 151 Å². The Labute approximate surface area is 243 Å². The van der Waals surface area contributed by atoms with Gasteiger partial charge in [-0.2, -0.15) is 0 Å². The zero-order chi connectivity index (χ0) is 27.5. The summed E-state index contributed by atoms with van der Waals surface area (Å²) in [5.74, 6) is 0.491. The van der Waals surface area contributed by atoms with Crippen molar-refractivity contribution in [2.45, 2.75) is 61.3 Å². The van der Waals surface area contributed by atoms with E-state index >= 15 is 0 Å². The van der Waals surface area contributed by atoms with Gasteiger partial charge in [0.1, 0.15) is 0 Å². The molecule has 202 valence electrons. The number of nitrogens with zero attached hydrogens (tertiary/aromatic N) is 1. The summed E-state index contributed by atoms with van der Waals surface area (Å²) < 4.78 is 2.81. The summed E-state index contributed by atoms with van der Waals surface area (Å²) >= 11 is 0. The molecule has 1 aromatic heterocycles. The minimum atomic E-state index is -0.0415. The minimum absolute atomic E-state index is 0.0415. The molecule has 6 aromatic rings. The van der Waals surface area contributed by atoms with Gasteiger partial charge in [0, 0.05) is 27.3 Å². The Bertz CT molecular complexity index is 1780. The molecule has 1 nitrogen and oxygen atoms in total. The molecule has 4 unspecified atom stereocenters. The fraction of sp³-hybridized carbons (Fsp3) is 0.250. The van der Waals surface area contributed by atoms with Crippen LogP contribution in [-0.2, 0) is 16.4 Å². The van der Waals surface area contributed by atoms with Crippen LogP contribution in [-0.4, -0.2) is 4.57 Å². The predicted octanol–water partition coefficient (Wildman–Crippen LogP) is 10.1. The fourth-order valence-corrected chi connectivity index (χ4v) is 9.38. The Balaban J connectivity index is 1.45. The van der Waals surface area contributed by atoms with E-state index in [1.54, 1.807) is 0 Å². The molecule has 0 aliphatic heterocycles. The predicted molar refractivity (Wildman–Crippen MR) is 172 cm³/mol. The topological polar surface area (TPSA) is 4.93 Å². The van der Waals surface area contributed by atoms with Crippen LogP contribution in [0.1, 0.15) is 61.6 Å². The molecule has 5 aromatic carbocycles. The van der Waals surface area contributed by atoms with Crippen LogP contribution < -0.4 is 0 Å². The smallest absolute Gasteiger partial charge is 0.0496 e. The van der Waals surface area contributed by atoms with Crippen molar-refractivity contribution in [3.05, 3.63) is 156 Å². The first-order chi connectivity index (χ1) is 20.1. The Morgan fingerprint density at radius 2 is 1.02 bits per heavy atom. The van der Waals surface area contributed by atoms with Crippen molar-refractivity contribution >= 4 is 21.8 Å². The Morgan fingerprint density at radius 3 is 1.63 bits per heavy atom. The highest BCUT2D eigenvalue weighted by Crippen LogP contribution is 2.65. The highest BCUT2D eigenvalue weighted by Gasteiger charge is 2.59. The van der Waals surface area contributed by atoms with Crippen LogP contribution >= 0.6 is 0 Å². The Morgan fingerprint density at radius 1 is 0.512 bits per heavy atom. The number of aromatic nitrogens is 1. The van der Waals surface area contributed by atoms with E-state index < -0.39 is 0 Å². The molecule has 0 spiro atoms. The molecule has 2 aliphatic carbocycles. The van der Waals surface area contributed by atoms with Crippen LogP contribution in [0.2, 0.25) is 0 Å². The van der Waals surface area contributed by atoms with Crippen molar-refractivity contribution in [1.29, 1.82) is 0 Å². The third-order valence-corrected chi connectivity index (χ3v) is 10.6. The molecule has 2 fully saturated rings. The lowest BCUT2D eigenvalue weighted by molar-refractivity contribution is 0.00782. The van der Waals surface area contributed by atoms with Gasteiger partial charge in [-0.05, 0) is 77.7 Å². The van der Waals surface area contributed by atoms with Crippen molar-refractivity contribution in [3.63, 3.8) is 0 Å². The van der Waals surface area contributed by atoms with Crippen LogP contribution in [0, 0.1) is 0 Å². The first-order valence-corrected chi connectivity index (χ1v) is 15.2. The van der Waals surface area contributed by atoms with E-state index in [4.69, 9.17) is 0 Å². The maximum atomic E-state index is 2.81. The zero-order valence-corrected chi connectivity index (χ0v) is 23.8. The summed E-state index contributed by atoms with van der Waals surface area (Å²) in [6, 6.07) is 52.6. The molecular formula is C40H37N.